The van der Waals surface area contributed by atoms with Crippen LogP contribution in [0.5, 0.6) is 17.2 Å². The van der Waals surface area contributed by atoms with Crippen molar-refractivity contribution in [2.45, 2.75) is 103 Å². The topological polar surface area (TPSA) is 207 Å². The van der Waals surface area contributed by atoms with Crippen molar-refractivity contribution in [1.29, 1.82) is 0 Å². The minimum atomic E-state index is -4.53. The van der Waals surface area contributed by atoms with Crippen molar-refractivity contribution >= 4 is 148 Å². The van der Waals surface area contributed by atoms with Crippen LogP contribution in [0.25, 0.3) is 43.6 Å². The number of hydrogen-bond acceptors (Lipinski definition) is 15. The maximum atomic E-state index is 13.3. The minimum absolute atomic E-state index is 0.0227. The van der Waals surface area contributed by atoms with E-state index in [1.54, 1.807) is 66.7 Å². The quantitative estimate of drug-likeness (QED) is 0.0264. The van der Waals surface area contributed by atoms with Gasteiger partial charge in [0.15, 0.2) is 5.16 Å². The van der Waals surface area contributed by atoms with E-state index in [9.17, 15) is 62.3 Å². The molecule has 106 heavy (non-hydrogen) atoms. The highest BCUT2D eigenvalue weighted by Crippen LogP contribution is 2.39. The van der Waals surface area contributed by atoms with Crippen molar-refractivity contribution in [3.05, 3.63) is 231 Å². The van der Waals surface area contributed by atoms with E-state index >= 15 is 0 Å². The maximum absolute atomic E-state index is 13.3. The fourth-order valence-electron chi connectivity index (χ4n) is 9.73. The van der Waals surface area contributed by atoms with Gasteiger partial charge < -0.3 is 35.1 Å². The van der Waals surface area contributed by atoms with E-state index in [2.05, 4.69) is 55.8 Å². The Balaban J connectivity index is 0.000000167. The average Bonchev–Trinajstić information content (AvgIpc) is 0.796. The molecule has 16 nitrogen and oxygen atoms in total. The number of rotatable bonds is 16. The third-order valence-corrected chi connectivity index (χ3v) is 16.5. The van der Waals surface area contributed by atoms with Gasteiger partial charge in [0, 0.05) is 39.3 Å². The summed E-state index contributed by atoms with van der Waals surface area (Å²) in [7, 11) is 0. The number of hydrogen-bond donors (Lipinski definition) is 5. The van der Waals surface area contributed by atoms with E-state index in [1.807, 2.05) is 60.6 Å². The lowest BCUT2D eigenvalue weighted by Crippen LogP contribution is -2.13. The zero-order valence-corrected chi connectivity index (χ0v) is 60.7. The van der Waals surface area contributed by atoms with E-state index in [-0.39, 0.29) is 74.0 Å². The predicted molar refractivity (Wildman–Crippen MR) is 391 cm³/mol. The summed E-state index contributed by atoms with van der Waals surface area (Å²) in [4.78, 5) is 54.2. The fraction of sp³-hybridized carbons (Fsp3) is 0.222. The molecule has 8 aromatic carbocycles. The Morgan fingerprint density at radius 2 is 0.783 bits per heavy atom. The fourth-order valence-corrected chi connectivity index (χ4v) is 11.4. The molecule has 5 N–H and O–H groups in total. The molecule has 0 spiro atoms. The average molecular weight is 1590 g/mol. The number of aromatic amines is 2. The number of alkyl halides is 12. The van der Waals surface area contributed by atoms with Crippen molar-refractivity contribution in [3.63, 3.8) is 0 Å². The van der Waals surface area contributed by atoms with Crippen molar-refractivity contribution in [1.82, 2.24) is 39.9 Å². The van der Waals surface area contributed by atoms with Gasteiger partial charge in [0.05, 0.1) is 94.2 Å². The lowest BCUT2D eigenvalue weighted by molar-refractivity contribution is -0.138. The van der Waals surface area contributed by atoms with Crippen LogP contribution in [0.1, 0.15) is 82.0 Å². The molecule has 0 saturated carbocycles. The monoisotopic (exact) mass is 1590 g/mol. The first-order chi connectivity index (χ1) is 49.8. The van der Waals surface area contributed by atoms with Gasteiger partial charge >= 0.3 is 24.7 Å². The van der Waals surface area contributed by atoms with Crippen LogP contribution in [0.3, 0.4) is 0 Å². The van der Waals surface area contributed by atoms with Gasteiger partial charge in [-0.3, -0.25) is 14.6 Å². The van der Waals surface area contributed by atoms with Crippen LogP contribution in [0, 0.1) is 0 Å². The van der Waals surface area contributed by atoms with Gasteiger partial charge in [-0.1, -0.05) is 88.8 Å². The zero-order valence-electron chi connectivity index (χ0n) is 56.1. The normalized spacial score (nSPS) is 11.8. The molecule has 0 radical (unpaired) electrons. The van der Waals surface area contributed by atoms with Crippen LogP contribution < -0.4 is 41.3 Å². The lowest BCUT2D eigenvalue weighted by Gasteiger charge is -2.14. The number of anilines is 6. The van der Waals surface area contributed by atoms with E-state index in [0.29, 0.717) is 82.6 Å². The molecular formula is C72H58Cl5F12N11O5S. The first-order valence-corrected chi connectivity index (χ1v) is 34.4. The Kier molecular flexibility index (Phi) is 25.8. The summed E-state index contributed by atoms with van der Waals surface area (Å²) < 4.78 is 171. The van der Waals surface area contributed by atoms with Gasteiger partial charge in [-0.2, -0.15) is 52.7 Å². The number of halogens is 17. The summed E-state index contributed by atoms with van der Waals surface area (Å²) in [6, 6.07) is 34.6. The summed E-state index contributed by atoms with van der Waals surface area (Å²) in [5.74, 6) is 2.78. The van der Waals surface area contributed by atoms with Crippen LogP contribution >= 0.6 is 69.8 Å². The van der Waals surface area contributed by atoms with Crippen molar-refractivity contribution in [3.8, 4) is 17.2 Å². The summed E-state index contributed by atoms with van der Waals surface area (Å²) in [6.07, 6.45) is -17.7. The van der Waals surface area contributed by atoms with Gasteiger partial charge in [0.2, 0.25) is 17.8 Å². The molecule has 12 aromatic rings. The molecule has 0 bridgehead atoms. The molecular weight excluding hydrogens is 1540 g/mol. The van der Waals surface area contributed by atoms with Gasteiger partial charge in [-0.05, 0) is 192 Å². The molecule has 34 heteroatoms. The molecule has 0 aliphatic rings. The second kappa shape index (κ2) is 33.9. The van der Waals surface area contributed by atoms with E-state index in [0.717, 1.165) is 65.9 Å². The first-order valence-electron chi connectivity index (χ1n) is 31.5. The van der Waals surface area contributed by atoms with Crippen LogP contribution in [-0.4, -0.2) is 63.9 Å². The Morgan fingerprint density at radius 3 is 1.19 bits per heavy atom. The molecule has 4 heterocycles. The largest absolute Gasteiger partial charge is 0.489 e. The lowest BCUT2D eigenvalue weighted by atomic mass is 10.0. The number of H-pyrrole nitrogens is 2. The third kappa shape index (κ3) is 21.8. The Morgan fingerprint density at radius 1 is 0.415 bits per heavy atom. The number of nitrogens with zero attached hydrogens (tertiary/aromatic N) is 6. The molecule has 0 aliphatic carbocycles. The highest BCUT2D eigenvalue weighted by atomic mass is 35.5. The SMILES string of the molecule is CC(C)Oc1ccc(Nc2nc(Cc3ccc(Cl)cc3)c3cc(C(F)(F)F)ccc3n2)cc1Cl.CC(C)Oc1ccc(Nc2nc(Cl)c3cc(C(F)(F)F)ccc3n2)cc1Cl.CC(C)Oc1ccc(Nc2nc3ccc(C(F)(F)F)cc3c(=O)[nH]2)cc1Cl.CCSc1nc2ccc(C(F)(F)F)cc2c(=O)[nH]1. The van der Waals surface area contributed by atoms with Crippen LogP contribution in [-0.2, 0) is 31.1 Å². The highest BCUT2D eigenvalue weighted by molar-refractivity contribution is 7.99. The van der Waals surface area contributed by atoms with Gasteiger partial charge in [0.25, 0.3) is 11.1 Å². The Bertz CT molecular complexity index is 5290. The number of aromatic nitrogens is 8. The van der Waals surface area contributed by atoms with E-state index < -0.39 is 58.1 Å². The standard InChI is InChI=1S/C25H20Cl2F3N3O.C18H14Cl2F3N3O.C18H15ClF3N3O2.C11H9F3N2OS/c1-14(2)34-23-10-8-18(13-20(23)27)31-24-32-21-9-5-16(25(28,29)30)12-19(21)22(33-24)11-15-3-6-17(26)7-4-15;1-9(2)27-15-6-4-11(8-13(15)19)24-17-25-14-5-3-10(18(21,22)23)7-12(14)16(20)26-17;1-9(2)27-15-6-4-11(8-13(15)19)23-17-24-14-5-3-10(18(20,21)22)7-12(14)16(26)25-17;1-2-18-10-15-8-4-3-6(11(12,13)14)5-7(8)9(17)16-10/h3-10,12-14H,11H2,1-2H3,(H,31,32,33);3-9H,1-2H3,(H,24,25,26);3-9H,1-2H3,(H2,23,24,25,26);3-5H,2H2,1H3,(H,15,16,17). The minimum Gasteiger partial charge on any atom is -0.489 e. The molecule has 0 atom stereocenters. The number of fused-ring (bicyclic) bond motifs is 4. The van der Waals surface area contributed by atoms with Gasteiger partial charge in [-0.25, -0.2) is 29.9 Å². The molecule has 0 fully saturated rings. The van der Waals surface area contributed by atoms with E-state index in [4.69, 9.17) is 72.2 Å². The van der Waals surface area contributed by atoms with Gasteiger partial charge in [-0.15, -0.1) is 0 Å². The zero-order chi connectivity index (χ0) is 77.3. The number of benzene rings is 8. The smallest absolute Gasteiger partial charge is 0.416 e. The molecule has 0 aliphatic heterocycles. The maximum Gasteiger partial charge on any atom is 0.416 e. The Labute approximate surface area is 624 Å². The Hall–Kier alpha value is -9.52. The third-order valence-electron chi connectivity index (χ3n) is 14.3. The van der Waals surface area contributed by atoms with Crippen molar-refractivity contribution in [2.75, 3.05) is 21.7 Å². The first kappa shape index (κ1) is 80.6. The summed E-state index contributed by atoms with van der Waals surface area (Å²) in [6.45, 7) is 13.2. The predicted octanol–water partition coefficient (Wildman–Crippen LogP) is 22.7. The molecule has 4 aromatic heterocycles. The highest BCUT2D eigenvalue weighted by Gasteiger charge is 2.34. The molecule has 0 unspecified atom stereocenters. The van der Waals surface area contributed by atoms with Gasteiger partial charge in [0.1, 0.15) is 22.4 Å². The molecule has 556 valence electrons. The summed E-state index contributed by atoms with van der Waals surface area (Å²) in [5.41, 5.74) is -0.441. The molecule has 0 saturated heterocycles. The van der Waals surface area contributed by atoms with Crippen LogP contribution in [0.15, 0.2) is 166 Å². The summed E-state index contributed by atoms with van der Waals surface area (Å²) in [5, 5.41) is 11.2. The second-order valence-electron chi connectivity index (χ2n) is 23.6. The van der Waals surface area contributed by atoms with Crippen molar-refractivity contribution in [2.24, 2.45) is 0 Å². The van der Waals surface area contributed by atoms with Crippen molar-refractivity contribution < 1.29 is 66.9 Å². The van der Waals surface area contributed by atoms with E-state index in [1.165, 1.54) is 30.0 Å². The molecule has 0 amide bonds. The number of ether oxygens (including phenoxy) is 3. The number of nitrogens with one attached hydrogen (secondary N) is 5. The summed E-state index contributed by atoms with van der Waals surface area (Å²) >= 11 is 32.0. The van der Waals surface area contributed by atoms with Crippen LogP contribution in [0.2, 0.25) is 25.2 Å². The number of thioether (sulfide) groups is 1. The van der Waals surface area contributed by atoms with Crippen LogP contribution in [0.4, 0.5) is 87.6 Å². The molecule has 12 rings (SSSR count). The second-order valence-corrected chi connectivity index (χ2v) is 26.9.